The molecule has 2 aromatic carbocycles. The molecule has 0 aliphatic rings. The van der Waals surface area contributed by atoms with Crippen molar-refractivity contribution in [1.29, 1.82) is 0 Å². The Bertz CT molecular complexity index is 1190. The van der Waals surface area contributed by atoms with E-state index in [0.29, 0.717) is 17.4 Å². The average molecular weight is 378 g/mol. The number of rotatable bonds is 4. The number of hydrogen-bond donors (Lipinski definition) is 1. The Labute approximate surface area is 159 Å². The maximum Gasteiger partial charge on any atom is 0.274 e. The fourth-order valence-corrected chi connectivity index (χ4v) is 2.84. The summed E-state index contributed by atoms with van der Waals surface area (Å²) in [6.45, 7) is 1.65. The number of benzene rings is 2. The summed E-state index contributed by atoms with van der Waals surface area (Å²) in [4.78, 5) is 17.0. The molecule has 9 heteroatoms. The maximum atomic E-state index is 14.2. The number of amides is 1. The van der Waals surface area contributed by atoms with Crippen molar-refractivity contribution in [2.45, 2.75) is 6.92 Å². The van der Waals surface area contributed by atoms with Crippen LogP contribution in [0.5, 0.6) is 5.88 Å². The standard InChI is InChI=1S/C19H15FN6O2/c1-11-23-24-25-26(11)17-10-13(7-8-15(17)20)21-18(27)16-9-12-5-3-4-6-14(12)19(22-16)28-2/h3-10H,1-2H3,(H,21,27). The van der Waals surface area contributed by atoms with Crippen LogP contribution in [0.3, 0.4) is 0 Å². The third kappa shape index (κ3) is 3.13. The molecule has 0 atom stereocenters. The molecule has 0 saturated carbocycles. The number of pyridine rings is 1. The molecule has 8 nitrogen and oxygen atoms in total. The van der Waals surface area contributed by atoms with Crippen molar-refractivity contribution in [2.75, 3.05) is 12.4 Å². The van der Waals surface area contributed by atoms with Gasteiger partial charge in [-0.15, -0.1) is 5.10 Å². The van der Waals surface area contributed by atoms with E-state index in [2.05, 4.69) is 25.8 Å². The van der Waals surface area contributed by atoms with Gasteiger partial charge in [-0.3, -0.25) is 4.79 Å². The Morgan fingerprint density at radius 1 is 1.18 bits per heavy atom. The first-order valence-electron chi connectivity index (χ1n) is 8.37. The number of aryl methyl sites for hydroxylation is 1. The molecule has 140 valence electrons. The fraction of sp³-hybridized carbons (Fsp3) is 0.105. The summed E-state index contributed by atoms with van der Waals surface area (Å²) in [6.07, 6.45) is 0. The van der Waals surface area contributed by atoms with E-state index in [1.807, 2.05) is 24.3 Å². The lowest BCUT2D eigenvalue weighted by molar-refractivity contribution is 0.102. The van der Waals surface area contributed by atoms with Crippen molar-refractivity contribution >= 4 is 22.4 Å². The van der Waals surface area contributed by atoms with Gasteiger partial charge in [-0.2, -0.15) is 4.68 Å². The number of anilines is 1. The summed E-state index contributed by atoms with van der Waals surface area (Å²) in [5.74, 6) is -0.190. The minimum Gasteiger partial charge on any atom is -0.481 e. The third-order valence-electron chi connectivity index (χ3n) is 4.19. The smallest absolute Gasteiger partial charge is 0.274 e. The van der Waals surface area contributed by atoms with Crippen LogP contribution < -0.4 is 10.1 Å². The SMILES string of the molecule is COc1nc(C(=O)Nc2ccc(F)c(-n3nnnc3C)c2)cc2ccccc12. The molecule has 1 amide bonds. The van der Waals surface area contributed by atoms with E-state index in [0.717, 1.165) is 10.8 Å². The first kappa shape index (κ1) is 17.5. The number of carbonyl (C=O) groups excluding carboxylic acids is 1. The predicted octanol–water partition coefficient (Wildman–Crippen LogP) is 2.92. The summed E-state index contributed by atoms with van der Waals surface area (Å²) in [5.41, 5.74) is 0.689. The highest BCUT2D eigenvalue weighted by molar-refractivity contribution is 6.05. The summed E-state index contributed by atoms with van der Waals surface area (Å²) < 4.78 is 20.7. The number of nitrogens with one attached hydrogen (secondary N) is 1. The van der Waals surface area contributed by atoms with Crippen molar-refractivity contribution in [1.82, 2.24) is 25.2 Å². The summed E-state index contributed by atoms with van der Waals surface area (Å²) in [5, 5.41) is 15.4. The number of nitrogens with zero attached hydrogens (tertiary/aromatic N) is 5. The number of halogens is 1. The van der Waals surface area contributed by atoms with Crippen LogP contribution in [0, 0.1) is 12.7 Å². The summed E-state index contributed by atoms with van der Waals surface area (Å²) in [6, 6.07) is 13.3. The van der Waals surface area contributed by atoms with Gasteiger partial charge in [0.15, 0.2) is 5.82 Å². The molecule has 4 rings (SSSR count). The number of methoxy groups -OCH3 is 1. The fourth-order valence-electron chi connectivity index (χ4n) is 2.84. The van der Waals surface area contributed by atoms with Crippen molar-refractivity contribution < 1.29 is 13.9 Å². The first-order valence-corrected chi connectivity index (χ1v) is 8.37. The minimum atomic E-state index is -0.515. The Morgan fingerprint density at radius 2 is 2.00 bits per heavy atom. The van der Waals surface area contributed by atoms with Crippen LogP contribution in [-0.4, -0.2) is 38.2 Å². The number of ether oxygens (including phenoxy) is 1. The Balaban J connectivity index is 1.68. The Morgan fingerprint density at radius 3 is 2.75 bits per heavy atom. The van der Waals surface area contributed by atoms with Gasteiger partial charge in [-0.25, -0.2) is 9.37 Å². The topological polar surface area (TPSA) is 94.8 Å². The van der Waals surface area contributed by atoms with E-state index in [-0.39, 0.29) is 11.4 Å². The molecule has 4 aromatic rings. The Hall–Kier alpha value is -3.88. The Kier molecular flexibility index (Phi) is 4.40. The zero-order valence-electron chi connectivity index (χ0n) is 15.0. The summed E-state index contributed by atoms with van der Waals surface area (Å²) in [7, 11) is 1.50. The normalized spacial score (nSPS) is 10.8. The van der Waals surface area contributed by atoms with Crippen molar-refractivity contribution in [3.63, 3.8) is 0 Å². The van der Waals surface area contributed by atoms with E-state index >= 15 is 0 Å². The van der Waals surface area contributed by atoms with Crippen LogP contribution in [-0.2, 0) is 0 Å². The van der Waals surface area contributed by atoms with Gasteiger partial charge in [-0.1, -0.05) is 18.2 Å². The lowest BCUT2D eigenvalue weighted by atomic mass is 10.1. The van der Waals surface area contributed by atoms with Crippen LogP contribution in [0.1, 0.15) is 16.3 Å². The van der Waals surface area contributed by atoms with E-state index < -0.39 is 11.7 Å². The second-order valence-corrected chi connectivity index (χ2v) is 6.00. The van der Waals surface area contributed by atoms with Gasteiger partial charge < -0.3 is 10.1 Å². The largest absolute Gasteiger partial charge is 0.481 e. The first-order chi connectivity index (χ1) is 13.6. The predicted molar refractivity (Wildman–Crippen MR) is 100 cm³/mol. The molecule has 0 saturated heterocycles. The number of carbonyl (C=O) groups is 1. The molecule has 1 N–H and O–H groups in total. The maximum absolute atomic E-state index is 14.2. The molecular formula is C19H15FN6O2. The lowest BCUT2D eigenvalue weighted by Gasteiger charge is -2.10. The van der Waals surface area contributed by atoms with Gasteiger partial charge >= 0.3 is 0 Å². The van der Waals surface area contributed by atoms with Gasteiger partial charge in [0.05, 0.1) is 7.11 Å². The van der Waals surface area contributed by atoms with E-state index in [4.69, 9.17) is 4.74 Å². The molecule has 0 unspecified atom stereocenters. The van der Waals surface area contributed by atoms with Crippen molar-refractivity contribution in [3.05, 3.63) is 65.9 Å². The van der Waals surface area contributed by atoms with Crippen LogP contribution in [0.15, 0.2) is 48.5 Å². The second kappa shape index (κ2) is 7.03. The van der Waals surface area contributed by atoms with Crippen LogP contribution >= 0.6 is 0 Å². The highest BCUT2D eigenvalue weighted by Gasteiger charge is 2.15. The van der Waals surface area contributed by atoms with Crippen molar-refractivity contribution in [3.8, 4) is 11.6 Å². The average Bonchev–Trinajstić information content (AvgIpc) is 3.14. The molecule has 0 fully saturated rings. The summed E-state index contributed by atoms with van der Waals surface area (Å²) >= 11 is 0. The number of tetrazole rings is 1. The molecule has 0 aliphatic heterocycles. The minimum absolute atomic E-state index is 0.129. The molecule has 2 heterocycles. The number of aromatic nitrogens is 5. The highest BCUT2D eigenvalue weighted by Crippen LogP contribution is 2.25. The zero-order valence-corrected chi connectivity index (χ0v) is 15.0. The van der Waals surface area contributed by atoms with E-state index in [9.17, 15) is 9.18 Å². The van der Waals surface area contributed by atoms with Gasteiger partial charge in [0.2, 0.25) is 5.88 Å². The molecule has 0 bridgehead atoms. The lowest BCUT2D eigenvalue weighted by Crippen LogP contribution is -2.15. The third-order valence-corrected chi connectivity index (χ3v) is 4.19. The van der Waals surface area contributed by atoms with Gasteiger partial charge in [0.25, 0.3) is 5.91 Å². The quantitative estimate of drug-likeness (QED) is 0.587. The molecule has 0 aliphatic carbocycles. The highest BCUT2D eigenvalue weighted by atomic mass is 19.1. The monoisotopic (exact) mass is 378 g/mol. The van der Waals surface area contributed by atoms with Gasteiger partial charge in [-0.05, 0) is 53.1 Å². The molecule has 0 spiro atoms. The van der Waals surface area contributed by atoms with Crippen LogP contribution in [0.4, 0.5) is 10.1 Å². The second-order valence-electron chi connectivity index (χ2n) is 6.00. The van der Waals surface area contributed by atoms with Crippen molar-refractivity contribution in [2.24, 2.45) is 0 Å². The van der Waals surface area contributed by atoms with Crippen LogP contribution in [0.25, 0.3) is 16.5 Å². The van der Waals surface area contributed by atoms with Gasteiger partial charge in [0, 0.05) is 11.1 Å². The number of hydrogen-bond acceptors (Lipinski definition) is 6. The molecule has 0 radical (unpaired) electrons. The van der Waals surface area contributed by atoms with E-state index in [1.165, 1.54) is 30.0 Å². The van der Waals surface area contributed by atoms with Gasteiger partial charge in [0.1, 0.15) is 17.2 Å². The van der Waals surface area contributed by atoms with E-state index in [1.54, 1.807) is 13.0 Å². The molecule has 28 heavy (non-hydrogen) atoms. The number of fused-ring (bicyclic) bond motifs is 1. The molecule has 2 aromatic heterocycles. The molecular weight excluding hydrogens is 363 g/mol. The zero-order chi connectivity index (χ0) is 19.7. The van der Waals surface area contributed by atoms with Crippen LogP contribution in [0.2, 0.25) is 0 Å².